The van der Waals surface area contributed by atoms with Crippen molar-refractivity contribution in [2.45, 2.75) is 12.5 Å². The molecule has 126 valence electrons. The van der Waals surface area contributed by atoms with Crippen LogP contribution in [0.25, 0.3) is 0 Å². The SMILES string of the molecule is CN1CCN([C@@H](CC(=O)Nc2ccc(F)cc2F)C(=O)O)CC1. The summed E-state index contributed by atoms with van der Waals surface area (Å²) in [5, 5.41) is 11.6. The molecule has 0 bridgehead atoms. The molecule has 0 aliphatic carbocycles. The minimum absolute atomic E-state index is 0.168. The number of anilines is 1. The molecule has 23 heavy (non-hydrogen) atoms. The van der Waals surface area contributed by atoms with Gasteiger partial charge in [0.25, 0.3) is 0 Å². The number of piperazine rings is 1. The Labute approximate surface area is 132 Å². The molecule has 1 aliphatic rings. The van der Waals surface area contributed by atoms with E-state index in [-0.39, 0.29) is 12.1 Å². The van der Waals surface area contributed by atoms with Gasteiger partial charge in [0, 0.05) is 32.2 Å². The number of aliphatic carboxylic acids is 1. The van der Waals surface area contributed by atoms with Crippen molar-refractivity contribution < 1.29 is 23.5 Å². The Morgan fingerprint density at radius 1 is 1.26 bits per heavy atom. The summed E-state index contributed by atoms with van der Waals surface area (Å²) in [4.78, 5) is 27.2. The molecule has 1 amide bonds. The second-order valence-corrected chi connectivity index (χ2v) is 5.57. The molecular formula is C15H19F2N3O3. The highest BCUT2D eigenvalue weighted by Gasteiger charge is 2.30. The number of amides is 1. The van der Waals surface area contributed by atoms with E-state index in [4.69, 9.17) is 0 Å². The zero-order valence-electron chi connectivity index (χ0n) is 12.8. The highest BCUT2D eigenvalue weighted by molar-refractivity contribution is 5.94. The summed E-state index contributed by atoms with van der Waals surface area (Å²) in [6.07, 6.45) is -0.296. The first-order chi connectivity index (χ1) is 10.9. The molecule has 1 saturated heterocycles. The van der Waals surface area contributed by atoms with Crippen LogP contribution < -0.4 is 5.32 Å². The first-order valence-corrected chi connectivity index (χ1v) is 7.27. The second-order valence-electron chi connectivity index (χ2n) is 5.57. The lowest BCUT2D eigenvalue weighted by molar-refractivity contribution is -0.145. The van der Waals surface area contributed by atoms with Crippen LogP contribution in [-0.2, 0) is 9.59 Å². The normalized spacial score (nSPS) is 17.7. The Morgan fingerprint density at radius 3 is 2.48 bits per heavy atom. The molecule has 0 aromatic heterocycles. The molecule has 0 spiro atoms. The molecule has 1 fully saturated rings. The summed E-state index contributed by atoms with van der Waals surface area (Å²) >= 11 is 0. The van der Waals surface area contributed by atoms with E-state index in [1.54, 1.807) is 4.90 Å². The topological polar surface area (TPSA) is 72.9 Å². The van der Waals surface area contributed by atoms with Crippen LogP contribution >= 0.6 is 0 Å². The zero-order chi connectivity index (χ0) is 17.0. The van der Waals surface area contributed by atoms with Crippen LogP contribution in [0.15, 0.2) is 18.2 Å². The summed E-state index contributed by atoms with van der Waals surface area (Å²) in [6.45, 7) is 2.54. The fourth-order valence-electron chi connectivity index (χ4n) is 2.47. The number of carbonyl (C=O) groups excluding carboxylic acids is 1. The number of nitrogens with one attached hydrogen (secondary N) is 1. The van der Waals surface area contributed by atoms with Crippen molar-refractivity contribution in [3.05, 3.63) is 29.8 Å². The van der Waals surface area contributed by atoms with Crippen LogP contribution in [-0.4, -0.2) is 66.1 Å². The third kappa shape index (κ3) is 4.70. The van der Waals surface area contributed by atoms with Gasteiger partial charge in [0.05, 0.1) is 12.1 Å². The Balaban J connectivity index is 1.99. The molecule has 8 heteroatoms. The van der Waals surface area contributed by atoms with Gasteiger partial charge in [0.15, 0.2) is 0 Å². The number of halogens is 2. The lowest BCUT2D eigenvalue weighted by Gasteiger charge is -2.35. The van der Waals surface area contributed by atoms with Crippen molar-refractivity contribution in [3.8, 4) is 0 Å². The van der Waals surface area contributed by atoms with E-state index in [9.17, 15) is 23.5 Å². The first kappa shape index (κ1) is 17.3. The van der Waals surface area contributed by atoms with E-state index in [0.29, 0.717) is 19.2 Å². The van der Waals surface area contributed by atoms with Gasteiger partial charge >= 0.3 is 5.97 Å². The van der Waals surface area contributed by atoms with Crippen LogP contribution in [0.2, 0.25) is 0 Å². The van der Waals surface area contributed by atoms with E-state index in [1.165, 1.54) is 0 Å². The summed E-state index contributed by atoms with van der Waals surface area (Å²) in [7, 11) is 1.94. The molecular weight excluding hydrogens is 308 g/mol. The smallest absolute Gasteiger partial charge is 0.321 e. The van der Waals surface area contributed by atoms with Crippen molar-refractivity contribution in [2.24, 2.45) is 0 Å². The largest absolute Gasteiger partial charge is 0.480 e. The van der Waals surface area contributed by atoms with Gasteiger partial charge in [-0.2, -0.15) is 0 Å². The predicted octanol–water partition coefficient (Wildman–Crippen LogP) is 0.994. The van der Waals surface area contributed by atoms with E-state index in [0.717, 1.165) is 25.2 Å². The molecule has 2 N–H and O–H groups in total. The van der Waals surface area contributed by atoms with Gasteiger partial charge in [0.2, 0.25) is 5.91 Å². The third-order valence-corrected chi connectivity index (χ3v) is 3.85. The van der Waals surface area contributed by atoms with Crippen LogP contribution in [0.1, 0.15) is 6.42 Å². The number of likely N-dealkylation sites (N-methyl/N-ethyl adjacent to an activating group) is 1. The minimum atomic E-state index is -1.09. The van der Waals surface area contributed by atoms with Gasteiger partial charge in [-0.1, -0.05) is 0 Å². The van der Waals surface area contributed by atoms with Crippen LogP contribution in [0.5, 0.6) is 0 Å². The van der Waals surface area contributed by atoms with Crippen molar-refractivity contribution in [2.75, 3.05) is 38.5 Å². The number of carbonyl (C=O) groups is 2. The molecule has 1 aliphatic heterocycles. The van der Waals surface area contributed by atoms with Crippen molar-refractivity contribution in [3.63, 3.8) is 0 Å². The molecule has 0 unspecified atom stereocenters. The quantitative estimate of drug-likeness (QED) is 0.844. The van der Waals surface area contributed by atoms with E-state index in [1.807, 2.05) is 7.05 Å². The molecule has 6 nitrogen and oxygen atoms in total. The van der Waals surface area contributed by atoms with Gasteiger partial charge < -0.3 is 15.3 Å². The Hall–Kier alpha value is -2.06. The molecule has 1 aromatic carbocycles. The maximum atomic E-state index is 13.5. The van der Waals surface area contributed by atoms with E-state index < -0.39 is 29.6 Å². The van der Waals surface area contributed by atoms with Gasteiger partial charge in [-0.3, -0.25) is 14.5 Å². The maximum Gasteiger partial charge on any atom is 0.321 e. The van der Waals surface area contributed by atoms with Crippen molar-refractivity contribution in [1.82, 2.24) is 9.80 Å². The summed E-state index contributed by atoms with van der Waals surface area (Å²) in [6, 6.07) is 1.82. The summed E-state index contributed by atoms with van der Waals surface area (Å²) in [5.41, 5.74) is -0.168. The van der Waals surface area contributed by atoms with Gasteiger partial charge in [-0.05, 0) is 19.2 Å². The van der Waals surface area contributed by atoms with Gasteiger partial charge in [0.1, 0.15) is 17.7 Å². The van der Waals surface area contributed by atoms with Crippen molar-refractivity contribution in [1.29, 1.82) is 0 Å². The molecule has 1 atom stereocenters. The number of hydrogen-bond acceptors (Lipinski definition) is 4. The average Bonchev–Trinajstić information content (AvgIpc) is 2.48. The lowest BCUT2D eigenvalue weighted by atomic mass is 10.1. The highest BCUT2D eigenvalue weighted by Crippen LogP contribution is 2.16. The average molecular weight is 327 g/mol. The fraction of sp³-hybridized carbons (Fsp3) is 0.467. The Bertz CT molecular complexity index is 589. The zero-order valence-corrected chi connectivity index (χ0v) is 12.8. The second kappa shape index (κ2) is 7.47. The molecule has 2 rings (SSSR count). The molecule has 0 saturated carbocycles. The number of rotatable bonds is 5. The summed E-state index contributed by atoms with van der Waals surface area (Å²) < 4.78 is 26.4. The maximum absolute atomic E-state index is 13.5. The number of benzene rings is 1. The first-order valence-electron chi connectivity index (χ1n) is 7.27. The molecule has 1 aromatic rings. The van der Waals surface area contributed by atoms with Crippen LogP contribution in [0, 0.1) is 11.6 Å². The molecule has 0 radical (unpaired) electrons. The van der Waals surface area contributed by atoms with Gasteiger partial charge in [-0.25, -0.2) is 8.78 Å². The lowest BCUT2D eigenvalue weighted by Crippen LogP contribution is -2.52. The van der Waals surface area contributed by atoms with E-state index >= 15 is 0 Å². The predicted molar refractivity (Wildman–Crippen MR) is 80.1 cm³/mol. The minimum Gasteiger partial charge on any atom is -0.480 e. The van der Waals surface area contributed by atoms with Crippen molar-refractivity contribution >= 4 is 17.6 Å². The fourth-order valence-corrected chi connectivity index (χ4v) is 2.47. The number of carboxylic acids is 1. The van der Waals surface area contributed by atoms with Crippen LogP contribution in [0.4, 0.5) is 14.5 Å². The van der Waals surface area contributed by atoms with Gasteiger partial charge in [-0.15, -0.1) is 0 Å². The standard InChI is InChI=1S/C15H19F2N3O3/c1-19-4-6-20(7-5-19)13(15(22)23)9-14(21)18-12-3-2-10(16)8-11(12)17/h2-3,8,13H,4-7,9H2,1H3,(H,18,21)(H,22,23)/t13-/m0/s1. The third-order valence-electron chi connectivity index (χ3n) is 3.85. The monoisotopic (exact) mass is 327 g/mol. The number of carboxylic acid groups (broad SMARTS) is 1. The number of hydrogen-bond donors (Lipinski definition) is 2. The Kier molecular flexibility index (Phi) is 5.62. The summed E-state index contributed by atoms with van der Waals surface area (Å²) in [5.74, 6) is -3.36. The van der Waals surface area contributed by atoms with E-state index in [2.05, 4.69) is 10.2 Å². The van der Waals surface area contributed by atoms with Crippen LogP contribution in [0.3, 0.4) is 0 Å². The number of nitrogens with zero attached hydrogens (tertiary/aromatic N) is 2. The Morgan fingerprint density at radius 2 is 1.91 bits per heavy atom. The molecule has 1 heterocycles. The highest BCUT2D eigenvalue weighted by atomic mass is 19.1.